The Labute approximate surface area is 59.0 Å². The van der Waals surface area contributed by atoms with Gasteiger partial charge in [0.05, 0.1) is 6.04 Å². The smallest absolute Gasteiger partial charge is 0.373 e. The highest BCUT2D eigenvalue weighted by molar-refractivity contribution is 6.34. The molecule has 0 fully saturated rings. The molecule has 0 amide bonds. The second-order valence-electron chi connectivity index (χ2n) is 2.44. The molecule has 0 radical (unpaired) electrons. The molecule has 0 aliphatic carbocycles. The van der Waals surface area contributed by atoms with Crippen LogP contribution in [0.1, 0.15) is 13.8 Å². The lowest BCUT2D eigenvalue weighted by Crippen LogP contribution is -2.39. The maximum absolute atomic E-state index is 10.6. The van der Waals surface area contributed by atoms with Crippen molar-refractivity contribution in [3.05, 3.63) is 0 Å². The normalized spacial score (nSPS) is 13.2. The minimum atomic E-state index is -1.46. The standard InChI is InChI=1S/C6H11NO3/c1-3(2)4(7)5(8)6(9)10/h3-4H,7H2,1-2H3,(H,9,10)/t4-/m0/s1. The van der Waals surface area contributed by atoms with Crippen LogP contribution in [0.25, 0.3) is 0 Å². The van der Waals surface area contributed by atoms with Gasteiger partial charge in [0.25, 0.3) is 5.78 Å². The van der Waals surface area contributed by atoms with Crippen LogP contribution in [0.2, 0.25) is 0 Å². The Morgan fingerprint density at radius 1 is 1.40 bits per heavy atom. The third kappa shape index (κ3) is 2.14. The van der Waals surface area contributed by atoms with Crippen LogP contribution in [-0.4, -0.2) is 22.9 Å². The SMILES string of the molecule is CC(C)[C@H](N)C(=O)C(=O)O. The quantitative estimate of drug-likeness (QED) is 0.530. The summed E-state index contributed by atoms with van der Waals surface area (Å²) >= 11 is 0. The topological polar surface area (TPSA) is 80.4 Å². The largest absolute Gasteiger partial charge is 0.475 e. The van der Waals surface area contributed by atoms with Gasteiger partial charge in [0.15, 0.2) is 0 Å². The number of carboxylic acids is 1. The van der Waals surface area contributed by atoms with Crippen LogP contribution in [0.15, 0.2) is 0 Å². The van der Waals surface area contributed by atoms with Crippen molar-refractivity contribution in [3.63, 3.8) is 0 Å². The molecule has 0 saturated carbocycles. The minimum absolute atomic E-state index is 0.122. The molecule has 58 valence electrons. The Bertz CT molecular complexity index is 153. The molecule has 10 heavy (non-hydrogen) atoms. The molecule has 0 aromatic carbocycles. The van der Waals surface area contributed by atoms with Crippen LogP contribution in [-0.2, 0) is 9.59 Å². The van der Waals surface area contributed by atoms with Crippen molar-refractivity contribution < 1.29 is 14.7 Å². The van der Waals surface area contributed by atoms with Crippen molar-refractivity contribution in [1.82, 2.24) is 0 Å². The highest BCUT2D eigenvalue weighted by Crippen LogP contribution is 1.98. The van der Waals surface area contributed by atoms with Gasteiger partial charge in [-0.05, 0) is 5.92 Å². The van der Waals surface area contributed by atoms with Gasteiger partial charge in [0, 0.05) is 0 Å². The van der Waals surface area contributed by atoms with Crippen molar-refractivity contribution in [2.24, 2.45) is 11.7 Å². The summed E-state index contributed by atoms with van der Waals surface area (Å²) < 4.78 is 0. The number of hydrogen-bond acceptors (Lipinski definition) is 3. The van der Waals surface area contributed by atoms with E-state index in [2.05, 4.69) is 0 Å². The first-order chi connectivity index (χ1) is 4.46. The first-order valence-electron chi connectivity index (χ1n) is 2.99. The van der Waals surface area contributed by atoms with Crippen LogP contribution in [0, 0.1) is 5.92 Å². The number of ketones is 1. The van der Waals surface area contributed by atoms with E-state index in [1.165, 1.54) is 0 Å². The van der Waals surface area contributed by atoms with Crippen molar-refractivity contribution in [2.75, 3.05) is 0 Å². The zero-order chi connectivity index (χ0) is 8.31. The maximum atomic E-state index is 10.6. The minimum Gasteiger partial charge on any atom is -0.475 e. The lowest BCUT2D eigenvalue weighted by molar-refractivity contribution is -0.150. The third-order valence-corrected chi connectivity index (χ3v) is 1.23. The van der Waals surface area contributed by atoms with Crippen LogP contribution in [0.4, 0.5) is 0 Å². The van der Waals surface area contributed by atoms with Crippen LogP contribution in [0.3, 0.4) is 0 Å². The summed E-state index contributed by atoms with van der Waals surface area (Å²) in [5.74, 6) is -2.50. The van der Waals surface area contributed by atoms with E-state index in [1.54, 1.807) is 13.8 Å². The van der Waals surface area contributed by atoms with Gasteiger partial charge in [-0.2, -0.15) is 0 Å². The monoisotopic (exact) mass is 145 g/mol. The molecule has 4 nitrogen and oxygen atoms in total. The van der Waals surface area contributed by atoms with E-state index in [0.29, 0.717) is 0 Å². The number of Topliss-reactive ketones (excluding diaryl/α,β-unsaturated/α-hetero) is 1. The van der Waals surface area contributed by atoms with E-state index in [-0.39, 0.29) is 5.92 Å². The van der Waals surface area contributed by atoms with Crippen molar-refractivity contribution >= 4 is 11.8 Å². The Morgan fingerprint density at radius 3 is 1.90 bits per heavy atom. The predicted octanol–water partition coefficient (Wildman–Crippen LogP) is -0.377. The molecule has 0 aromatic heterocycles. The Hall–Kier alpha value is -0.900. The highest BCUT2D eigenvalue weighted by atomic mass is 16.4. The number of carbonyl (C=O) groups is 2. The molecular weight excluding hydrogens is 134 g/mol. The van der Waals surface area contributed by atoms with Gasteiger partial charge in [0.1, 0.15) is 0 Å². The second-order valence-corrected chi connectivity index (χ2v) is 2.44. The summed E-state index contributed by atoms with van der Waals surface area (Å²) in [5, 5.41) is 8.17. The molecule has 3 N–H and O–H groups in total. The van der Waals surface area contributed by atoms with Gasteiger partial charge in [-0.25, -0.2) is 4.79 Å². The fraction of sp³-hybridized carbons (Fsp3) is 0.667. The van der Waals surface area contributed by atoms with Crippen molar-refractivity contribution in [1.29, 1.82) is 0 Å². The first kappa shape index (κ1) is 9.10. The Kier molecular flexibility index (Phi) is 3.02. The molecule has 1 atom stereocenters. The number of carbonyl (C=O) groups excluding carboxylic acids is 1. The second kappa shape index (κ2) is 3.31. The number of nitrogens with two attached hydrogens (primary N) is 1. The predicted molar refractivity (Wildman–Crippen MR) is 35.5 cm³/mol. The van der Waals surface area contributed by atoms with Gasteiger partial charge in [-0.15, -0.1) is 0 Å². The Morgan fingerprint density at radius 2 is 1.80 bits per heavy atom. The van der Waals surface area contributed by atoms with Crippen molar-refractivity contribution in [2.45, 2.75) is 19.9 Å². The van der Waals surface area contributed by atoms with E-state index >= 15 is 0 Å². The highest BCUT2D eigenvalue weighted by Gasteiger charge is 2.23. The van der Waals surface area contributed by atoms with E-state index in [4.69, 9.17) is 10.8 Å². The number of hydrogen-bond donors (Lipinski definition) is 2. The summed E-state index contributed by atoms with van der Waals surface area (Å²) in [6.07, 6.45) is 0. The Balaban J connectivity index is 4.08. The fourth-order valence-electron chi connectivity index (χ4n) is 0.445. The van der Waals surface area contributed by atoms with E-state index in [1.807, 2.05) is 0 Å². The van der Waals surface area contributed by atoms with Gasteiger partial charge in [-0.3, -0.25) is 4.79 Å². The molecule has 0 rings (SSSR count). The number of rotatable bonds is 3. The van der Waals surface area contributed by atoms with Gasteiger partial charge >= 0.3 is 5.97 Å². The summed E-state index contributed by atoms with van der Waals surface area (Å²) in [6, 6.07) is -0.877. The van der Waals surface area contributed by atoms with Gasteiger partial charge < -0.3 is 10.8 Å². The maximum Gasteiger partial charge on any atom is 0.373 e. The molecule has 0 aliphatic heterocycles. The molecule has 0 aromatic rings. The molecule has 0 aliphatic rings. The lowest BCUT2D eigenvalue weighted by atomic mass is 10.0. The van der Waals surface area contributed by atoms with Crippen LogP contribution >= 0.6 is 0 Å². The third-order valence-electron chi connectivity index (χ3n) is 1.23. The molecule has 4 heteroatoms. The summed E-state index contributed by atoms with van der Waals surface area (Å²) in [7, 11) is 0. The molecular formula is C6H11NO3. The van der Waals surface area contributed by atoms with Crippen LogP contribution in [0.5, 0.6) is 0 Å². The summed E-state index contributed by atoms with van der Waals surface area (Å²) in [4.78, 5) is 20.6. The number of aliphatic carboxylic acids is 1. The fourth-order valence-corrected chi connectivity index (χ4v) is 0.445. The molecule has 0 unspecified atom stereocenters. The first-order valence-corrected chi connectivity index (χ1v) is 2.99. The molecule has 0 saturated heterocycles. The zero-order valence-corrected chi connectivity index (χ0v) is 6.00. The van der Waals surface area contributed by atoms with Gasteiger partial charge in [0.2, 0.25) is 0 Å². The van der Waals surface area contributed by atoms with Gasteiger partial charge in [-0.1, -0.05) is 13.8 Å². The zero-order valence-electron chi connectivity index (χ0n) is 6.00. The van der Waals surface area contributed by atoms with E-state index in [0.717, 1.165) is 0 Å². The number of carboxylic acid groups (broad SMARTS) is 1. The van der Waals surface area contributed by atoms with Crippen molar-refractivity contribution in [3.8, 4) is 0 Å². The van der Waals surface area contributed by atoms with E-state index in [9.17, 15) is 9.59 Å². The molecule has 0 bridgehead atoms. The summed E-state index contributed by atoms with van der Waals surface area (Å²) in [6.45, 7) is 3.40. The van der Waals surface area contributed by atoms with E-state index < -0.39 is 17.8 Å². The average molecular weight is 145 g/mol. The van der Waals surface area contributed by atoms with Crippen LogP contribution < -0.4 is 5.73 Å². The average Bonchev–Trinajstić information content (AvgIpc) is 1.84. The molecule has 0 heterocycles. The summed E-state index contributed by atoms with van der Waals surface area (Å²) in [5.41, 5.74) is 5.23. The lowest BCUT2D eigenvalue weighted by Gasteiger charge is -2.09. The molecule has 0 spiro atoms.